The highest BCUT2D eigenvalue weighted by atomic mass is 79.9. The van der Waals surface area contributed by atoms with Crippen molar-refractivity contribution >= 4 is 21.8 Å². The molecule has 2 rings (SSSR count). The lowest BCUT2D eigenvalue weighted by Gasteiger charge is -2.34. The van der Waals surface area contributed by atoms with Crippen molar-refractivity contribution in [1.29, 1.82) is 0 Å². The third-order valence-corrected chi connectivity index (χ3v) is 3.94. The molecule has 0 unspecified atom stereocenters. The predicted octanol–water partition coefficient (Wildman–Crippen LogP) is 2.11. The van der Waals surface area contributed by atoms with Crippen molar-refractivity contribution in [2.75, 3.05) is 26.2 Å². The second-order valence-corrected chi connectivity index (χ2v) is 5.23. The highest BCUT2D eigenvalue weighted by Crippen LogP contribution is 2.18. The number of carbonyl (C=O) groups excluding carboxylic acids is 1. The third kappa shape index (κ3) is 3.30. The molecule has 3 nitrogen and oxygen atoms in total. The van der Waals surface area contributed by atoms with Gasteiger partial charge in [0, 0.05) is 44.1 Å². The van der Waals surface area contributed by atoms with Gasteiger partial charge in [0.05, 0.1) is 0 Å². The summed E-state index contributed by atoms with van der Waals surface area (Å²) in [5.41, 5.74) is 1.31. The quantitative estimate of drug-likeness (QED) is 0.835. The highest BCUT2D eigenvalue weighted by Gasteiger charge is 2.18. The maximum absolute atomic E-state index is 11.2. The number of rotatable bonds is 2. The van der Waals surface area contributed by atoms with Gasteiger partial charge in [-0.1, -0.05) is 34.1 Å². The number of nitrogens with zero attached hydrogens (tertiary/aromatic N) is 2. The molecule has 1 amide bonds. The van der Waals surface area contributed by atoms with E-state index in [9.17, 15) is 4.79 Å². The summed E-state index contributed by atoms with van der Waals surface area (Å²) in [5.74, 6) is 0.186. The largest absolute Gasteiger partial charge is 0.340 e. The molecule has 1 heterocycles. The van der Waals surface area contributed by atoms with Gasteiger partial charge < -0.3 is 4.90 Å². The van der Waals surface area contributed by atoms with Gasteiger partial charge in [-0.2, -0.15) is 0 Å². The van der Waals surface area contributed by atoms with Gasteiger partial charge in [0.15, 0.2) is 0 Å². The maximum atomic E-state index is 11.2. The smallest absolute Gasteiger partial charge is 0.219 e. The van der Waals surface area contributed by atoms with E-state index < -0.39 is 0 Å². The molecule has 1 aromatic rings. The Morgan fingerprint density at radius 1 is 1.24 bits per heavy atom. The van der Waals surface area contributed by atoms with Crippen LogP contribution < -0.4 is 0 Å². The van der Waals surface area contributed by atoms with Crippen molar-refractivity contribution in [2.45, 2.75) is 13.5 Å². The maximum Gasteiger partial charge on any atom is 0.219 e. The second-order valence-electron chi connectivity index (χ2n) is 4.37. The Morgan fingerprint density at radius 2 is 1.88 bits per heavy atom. The van der Waals surface area contributed by atoms with Crippen LogP contribution in [0.4, 0.5) is 0 Å². The molecule has 0 aromatic heterocycles. The molecule has 0 radical (unpaired) electrons. The van der Waals surface area contributed by atoms with Gasteiger partial charge in [0.2, 0.25) is 5.91 Å². The minimum absolute atomic E-state index is 0.186. The molecule has 1 aliphatic heterocycles. The minimum atomic E-state index is 0.186. The topological polar surface area (TPSA) is 23.6 Å². The van der Waals surface area contributed by atoms with E-state index in [1.165, 1.54) is 5.56 Å². The number of hydrogen-bond donors (Lipinski definition) is 0. The molecule has 0 N–H and O–H groups in total. The molecule has 0 spiro atoms. The van der Waals surface area contributed by atoms with Crippen LogP contribution in [0, 0.1) is 0 Å². The molecule has 1 aromatic carbocycles. The lowest BCUT2D eigenvalue weighted by atomic mass is 10.2. The minimum Gasteiger partial charge on any atom is -0.340 e. The molecule has 1 aliphatic rings. The van der Waals surface area contributed by atoms with Crippen LogP contribution >= 0.6 is 15.9 Å². The normalized spacial score (nSPS) is 17.2. The van der Waals surface area contributed by atoms with Gasteiger partial charge in [0.25, 0.3) is 0 Å². The van der Waals surface area contributed by atoms with Gasteiger partial charge in [-0.05, 0) is 11.6 Å². The Kier molecular flexibility index (Phi) is 4.18. The molecule has 1 fully saturated rings. The van der Waals surface area contributed by atoms with E-state index in [-0.39, 0.29) is 5.91 Å². The number of benzene rings is 1. The Hall–Kier alpha value is -0.870. The Labute approximate surface area is 111 Å². The number of carbonyl (C=O) groups is 1. The van der Waals surface area contributed by atoms with Crippen molar-refractivity contribution in [2.24, 2.45) is 0 Å². The second kappa shape index (κ2) is 5.65. The number of piperazine rings is 1. The van der Waals surface area contributed by atoms with Gasteiger partial charge >= 0.3 is 0 Å². The zero-order valence-corrected chi connectivity index (χ0v) is 11.6. The predicted molar refractivity (Wildman–Crippen MR) is 71.7 cm³/mol. The summed E-state index contributed by atoms with van der Waals surface area (Å²) in [6.45, 7) is 6.21. The summed E-state index contributed by atoms with van der Waals surface area (Å²) >= 11 is 3.57. The van der Waals surface area contributed by atoms with Crippen molar-refractivity contribution in [3.63, 3.8) is 0 Å². The van der Waals surface area contributed by atoms with Crippen LogP contribution in [0.2, 0.25) is 0 Å². The molecule has 4 heteroatoms. The van der Waals surface area contributed by atoms with E-state index in [1.54, 1.807) is 6.92 Å². The summed E-state index contributed by atoms with van der Waals surface area (Å²) in [6.07, 6.45) is 0. The SMILES string of the molecule is CC(=O)N1CCN(Cc2ccccc2Br)CC1. The van der Waals surface area contributed by atoms with E-state index in [0.29, 0.717) is 0 Å². The average molecular weight is 297 g/mol. The Bertz CT molecular complexity index is 400. The first-order valence-electron chi connectivity index (χ1n) is 5.88. The molecular weight excluding hydrogens is 280 g/mol. The fraction of sp³-hybridized carbons (Fsp3) is 0.462. The summed E-state index contributed by atoms with van der Waals surface area (Å²) in [6, 6.07) is 8.30. The molecule has 0 atom stereocenters. The number of halogens is 1. The first-order valence-corrected chi connectivity index (χ1v) is 6.67. The summed E-state index contributed by atoms with van der Waals surface area (Å²) in [7, 11) is 0. The molecule has 17 heavy (non-hydrogen) atoms. The highest BCUT2D eigenvalue weighted by molar-refractivity contribution is 9.10. The molecule has 0 bridgehead atoms. The lowest BCUT2D eigenvalue weighted by molar-refractivity contribution is -0.130. The van der Waals surface area contributed by atoms with E-state index >= 15 is 0 Å². The third-order valence-electron chi connectivity index (χ3n) is 3.17. The van der Waals surface area contributed by atoms with Crippen molar-refractivity contribution < 1.29 is 4.79 Å². The Balaban J connectivity index is 1.90. The van der Waals surface area contributed by atoms with E-state index in [4.69, 9.17) is 0 Å². The van der Waals surface area contributed by atoms with Crippen LogP contribution in [-0.2, 0) is 11.3 Å². The van der Waals surface area contributed by atoms with Gasteiger partial charge in [-0.15, -0.1) is 0 Å². The molecular formula is C13H17BrN2O. The standard InChI is InChI=1S/C13H17BrN2O/c1-11(17)16-8-6-15(7-9-16)10-12-4-2-3-5-13(12)14/h2-5H,6-10H2,1H3. The molecule has 0 saturated carbocycles. The number of amides is 1. The first-order chi connectivity index (χ1) is 8.16. The van der Waals surface area contributed by atoms with Crippen LogP contribution in [0.5, 0.6) is 0 Å². The average Bonchev–Trinajstić information content (AvgIpc) is 2.33. The fourth-order valence-corrected chi connectivity index (χ4v) is 2.50. The fourth-order valence-electron chi connectivity index (χ4n) is 2.09. The van der Waals surface area contributed by atoms with Crippen LogP contribution in [0.15, 0.2) is 28.7 Å². The lowest BCUT2D eigenvalue weighted by Crippen LogP contribution is -2.47. The zero-order chi connectivity index (χ0) is 12.3. The first kappa shape index (κ1) is 12.6. The monoisotopic (exact) mass is 296 g/mol. The van der Waals surface area contributed by atoms with Gasteiger partial charge in [-0.3, -0.25) is 9.69 Å². The van der Waals surface area contributed by atoms with Crippen molar-refractivity contribution in [3.8, 4) is 0 Å². The zero-order valence-electron chi connectivity index (χ0n) is 10.0. The molecule has 0 aliphatic carbocycles. The van der Waals surface area contributed by atoms with Gasteiger partial charge in [-0.25, -0.2) is 0 Å². The van der Waals surface area contributed by atoms with E-state index in [0.717, 1.165) is 37.2 Å². The van der Waals surface area contributed by atoms with E-state index in [1.807, 2.05) is 11.0 Å². The van der Waals surface area contributed by atoms with Crippen molar-refractivity contribution in [1.82, 2.24) is 9.80 Å². The summed E-state index contributed by atoms with van der Waals surface area (Å²) in [5, 5.41) is 0. The van der Waals surface area contributed by atoms with Crippen LogP contribution in [0.1, 0.15) is 12.5 Å². The van der Waals surface area contributed by atoms with Crippen LogP contribution in [0.3, 0.4) is 0 Å². The Morgan fingerprint density at radius 3 is 2.47 bits per heavy atom. The van der Waals surface area contributed by atoms with Gasteiger partial charge in [0.1, 0.15) is 0 Å². The van der Waals surface area contributed by atoms with Crippen molar-refractivity contribution in [3.05, 3.63) is 34.3 Å². The molecule has 1 saturated heterocycles. The summed E-state index contributed by atoms with van der Waals surface area (Å²) < 4.78 is 1.16. The van der Waals surface area contributed by atoms with E-state index in [2.05, 4.69) is 39.0 Å². The van der Waals surface area contributed by atoms with Crippen LogP contribution in [0.25, 0.3) is 0 Å². The number of hydrogen-bond acceptors (Lipinski definition) is 2. The summed E-state index contributed by atoms with van der Waals surface area (Å²) in [4.78, 5) is 15.5. The van der Waals surface area contributed by atoms with Crippen LogP contribution in [-0.4, -0.2) is 41.9 Å². The molecule has 92 valence electrons.